The topological polar surface area (TPSA) is 61.8 Å². The predicted octanol–water partition coefficient (Wildman–Crippen LogP) is 6.75. The van der Waals surface area contributed by atoms with Gasteiger partial charge in [-0.15, -0.1) is 0 Å². The molecule has 0 heterocycles. The lowest BCUT2D eigenvalue weighted by Crippen LogP contribution is -2.53. The number of ether oxygens (including phenoxy) is 3. The van der Waals surface area contributed by atoms with E-state index in [0.29, 0.717) is 19.3 Å². The van der Waals surface area contributed by atoms with Gasteiger partial charge in [-0.2, -0.15) is 13.2 Å². The Morgan fingerprint density at radius 2 is 1.69 bits per heavy atom. The summed E-state index contributed by atoms with van der Waals surface area (Å²) in [5.74, 6) is -1.76. The fourth-order valence-electron chi connectivity index (χ4n) is 9.61. The van der Waals surface area contributed by atoms with E-state index in [-0.39, 0.29) is 40.1 Å². The van der Waals surface area contributed by atoms with Crippen molar-refractivity contribution in [2.24, 2.45) is 34.0 Å². The van der Waals surface area contributed by atoms with Gasteiger partial charge in [0.15, 0.2) is 0 Å². The Bertz CT molecular complexity index is 1190. The standard InChI is InChI=1S/C31H39F3O5/c1-18-20-12-13-21(25(35)37-5)29(20)17-28(4)15-14-27(2,3)24(28)22(29)16-23(18)39-26(36)30(38-6,31(32,33)34)19-10-8-7-9-11-19/h7-11,21-24H,12-17H2,1-6H3/t21-,22+,23-,24-,28-,29+,30+/m1/s1. The summed E-state index contributed by atoms with van der Waals surface area (Å²) in [4.78, 5) is 26.7. The number of carbonyl (C=O) groups is 2. The Morgan fingerprint density at radius 1 is 1.03 bits per heavy atom. The van der Waals surface area contributed by atoms with Crippen molar-refractivity contribution >= 4 is 11.9 Å². The van der Waals surface area contributed by atoms with Crippen molar-refractivity contribution < 1.29 is 37.0 Å². The molecule has 214 valence electrons. The van der Waals surface area contributed by atoms with E-state index in [1.165, 1.54) is 31.4 Å². The maximum Gasteiger partial charge on any atom is 0.432 e. The van der Waals surface area contributed by atoms with Gasteiger partial charge in [0.25, 0.3) is 5.60 Å². The minimum atomic E-state index is -5.04. The Kier molecular flexibility index (Phi) is 6.56. The van der Waals surface area contributed by atoms with Crippen LogP contribution < -0.4 is 0 Å². The van der Waals surface area contributed by atoms with Gasteiger partial charge in [-0.1, -0.05) is 56.7 Å². The molecule has 5 rings (SSSR count). The second-order valence-electron chi connectivity index (χ2n) is 13.1. The lowest BCUT2D eigenvalue weighted by molar-refractivity contribution is -0.278. The van der Waals surface area contributed by atoms with Crippen molar-refractivity contribution in [2.45, 2.75) is 84.1 Å². The first kappa shape index (κ1) is 28.2. The second-order valence-corrected chi connectivity index (χ2v) is 13.1. The highest BCUT2D eigenvalue weighted by atomic mass is 19.4. The van der Waals surface area contributed by atoms with Gasteiger partial charge in [0.1, 0.15) is 6.10 Å². The molecule has 0 amide bonds. The Labute approximate surface area is 228 Å². The average Bonchev–Trinajstić information content (AvgIpc) is 3.46. The first-order valence-corrected chi connectivity index (χ1v) is 13.9. The molecule has 39 heavy (non-hydrogen) atoms. The van der Waals surface area contributed by atoms with Crippen LogP contribution in [0.4, 0.5) is 13.2 Å². The molecule has 3 saturated carbocycles. The zero-order valence-corrected chi connectivity index (χ0v) is 23.6. The van der Waals surface area contributed by atoms with E-state index in [1.807, 2.05) is 6.92 Å². The van der Waals surface area contributed by atoms with Gasteiger partial charge in [0.05, 0.1) is 13.0 Å². The van der Waals surface area contributed by atoms with Gasteiger partial charge in [0.2, 0.25) is 0 Å². The number of carbonyl (C=O) groups excluding carboxylic acids is 2. The largest absolute Gasteiger partial charge is 0.469 e. The van der Waals surface area contributed by atoms with Crippen LogP contribution in [0, 0.1) is 34.0 Å². The lowest BCUT2D eigenvalue weighted by atomic mass is 9.57. The van der Waals surface area contributed by atoms with Crippen molar-refractivity contribution in [3.05, 3.63) is 47.0 Å². The molecule has 0 unspecified atom stereocenters. The van der Waals surface area contributed by atoms with Crippen LogP contribution >= 0.6 is 0 Å². The van der Waals surface area contributed by atoms with Gasteiger partial charge in [0, 0.05) is 18.1 Å². The highest BCUT2D eigenvalue weighted by Crippen LogP contribution is 2.77. The zero-order valence-electron chi connectivity index (χ0n) is 23.6. The molecule has 3 fully saturated rings. The minimum absolute atomic E-state index is 0.0105. The molecule has 0 radical (unpaired) electrons. The predicted molar refractivity (Wildman–Crippen MR) is 138 cm³/mol. The monoisotopic (exact) mass is 548 g/mol. The summed E-state index contributed by atoms with van der Waals surface area (Å²) in [5, 5.41) is 0. The maximum absolute atomic E-state index is 14.6. The van der Waals surface area contributed by atoms with Crippen LogP contribution in [0.5, 0.6) is 0 Å². The number of esters is 2. The molecule has 0 saturated heterocycles. The third kappa shape index (κ3) is 3.76. The molecule has 0 aromatic heterocycles. The van der Waals surface area contributed by atoms with Gasteiger partial charge in [-0.05, 0) is 73.7 Å². The molecule has 0 aliphatic heterocycles. The molecule has 0 bridgehead atoms. The second kappa shape index (κ2) is 9.08. The van der Waals surface area contributed by atoms with Crippen molar-refractivity contribution in [2.75, 3.05) is 14.2 Å². The van der Waals surface area contributed by atoms with Gasteiger partial charge in [-0.25, -0.2) is 4.79 Å². The summed E-state index contributed by atoms with van der Waals surface area (Å²) in [7, 11) is 2.31. The third-order valence-electron chi connectivity index (χ3n) is 10.9. The number of benzene rings is 1. The summed E-state index contributed by atoms with van der Waals surface area (Å²) < 4.78 is 60.0. The first-order valence-electron chi connectivity index (χ1n) is 13.9. The smallest absolute Gasteiger partial charge is 0.432 e. The summed E-state index contributed by atoms with van der Waals surface area (Å²) in [6.07, 6.45) is -1.29. The molecular formula is C31H39F3O5. The van der Waals surface area contributed by atoms with Crippen LogP contribution in [0.25, 0.3) is 0 Å². The van der Waals surface area contributed by atoms with Crippen LogP contribution in [-0.2, 0) is 29.4 Å². The molecular weight excluding hydrogens is 509 g/mol. The van der Waals surface area contributed by atoms with Crippen LogP contribution in [0.3, 0.4) is 0 Å². The summed E-state index contributed by atoms with van der Waals surface area (Å²) >= 11 is 0. The van der Waals surface area contributed by atoms with Crippen LogP contribution in [0.2, 0.25) is 0 Å². The zero-order chi connectivity index (χ0) is 28.6. The molecule has 4 aliphatic carbocycles. The number of rotatable bonds is 5. The molecule has 1 spiro atoms. The molecule has 1 aromatic carbocycles. The number of alkyl halides is 3. The SMILES string of the molecule is COC(=O)[C@H]1CCC2=C(C)[C@H](OC(=O)[C@@](OC)(c3ccccc3)C(F)(F)F)C[C@H]3[C@@H]4C(C)(C)CC[C@]4(C)C[C@]213. The van der Waals surface area contributed by atoms with Gasteiger partial charge < -0.3 is 14.2 Å². The van der Waals surface area contributed by atoms with Crippen LogP contribution in [-0.4, -0.2) is 38.4 Å². The Hall–Kier alpha value is -2.35. The van der Waals surface area contributed by atoms with Gasteiger partial charge >= 0.3 is 18.1 Å². The van der Waals surface area contributed by atoms with Crippen molar-refractivity contribution in [1.82, 2.24) is 0 Å². The van der Waals surface area contributed by atoms with E-state index in [0.717, 1.165) is 37.5 Å². The van der Waals surface area contributed by atoms with E-state index in [2.05, 4.69) is 20.8 Å². The lowest BCUT2D eigenvalue weighted by Gasteiger charge is -2.48. The van der Waals surface area contributed by atoms with E-state index in [9.17, 15) is 22.8 Å². The molecule has 5 nitrogen and oxygen atoms in total. The average molecular weight is 549 g/mol. The Morgan fingerprint density at radius 3 is 2.28 bits per heavy atom. The normalized spacial score (nSPS) is 36.5. The number of hydrogen-bond donors (Lipinski definition) is 0. The van der Waals surface area contributed by atoms with Crippen LogP contribution in [0.1, 0.15) is 71.8 Å². The fourth-order valence-corrected chi connectivity index (χ4v) is 9.61. The molecule has 8 heteroatoms. The van der Waals surface area contributed by atoms with Crippen molar-refractivity contribution in [3.8, 4) is 0 Å². The van der Waals surface area contributed by atoms with E-state index < -0.39 is 29.3 Å². The first-order chi connectivity index (χ1) is 18.2. The van der Waals surface area contributed by atoms with Gasteiger partial charge in [-0.3, -0.25) is 4.79 Å². The van der Waals surface area contributed by atoms with E-state index in [4.69, 9.17) is 14.2 Å². The highest BCUT2D eigenvalue weighted by Gasteiger charge is 2.72. The number of hydrogen-bond acceptors (Lipinski definition) is 5. The highest BCUT2D eigenvalue weighted by molar-refractivity contribution is 5.83. The number of fused-ring (bicyclic) bond motifs is 2. The summed E-state index contributed by atoms with van der Waals surface area (Å²) in [5.41, 5.74) is -2.16. The number of allylic oxidation sites excluding steroid dienone is 1. The number of halogens is 3. The minimum Gasteiger partial charge on any atom is -0.469 e. The van der Waals surface area contributed by atoms with Crippen molar-refractivity contribution in [1.29, 1.82) is 0 Å². The van der Waals surface area contributed by atoms with E-state index in [1.54, 1.807) is 6.07 Å². The molecule has 4 aliphatic rings. The summed E-state index contributed by atoms with van der Waals surface area (Å²) in [6.45, 7) is 8.67. The maximum atomic E-state index is 14.6. The quantitative estimate of drug-likeness (QED) is 0.301. The third-order valence-corrected chi connectivity index (χ3v) is 10.9. The molecule has 7 atom stereocenters. The van der Waals surface area contributed by atoms with Crippen molar-refractivity contribution in [3.63, 3.8) is 0 Å². The Balaban J connectivity index is 1.59. The summed E-state index contributed by atoms with van der Waals surface area (Å²) in [6, 6.07) is 6.93. The molecule has 1 aromatic rings. The number of methoxy groups -OCH3 is 2. The van der Waals surface area contributed by atoms with E-state index >= 15 is 0 Å². The van der Waals surface area contributed by atoms with Crippen LogP contribution in [0.15, 0.2) is 41.5 Å². The fraction of sp³-hybridized carbons (Fsp3) is 0.677. The molecule has 0 N–H and O–H groups in total.